The summed E-state index contributed by atoms with van der Waals surface area (Å²) in [7, 11) is 1.54. The van der Waals surface area contributed by atoms with E-state index in [1.54, 1.807) is 91.9 Å². The quantitative estimate of drug-likeness (QED) is 0.109. The maximum absolute atomic E-state index is 13.4. The normalized spacial score (nSPS) is 11.7. The first-order chi connectivity index (χ1) is 21.1. The Morgan fingerprint density at radius 1 is 0.864 bits per heavy atom. The largest absolute Gasteiger partial charge is 0.497 e. The molecule has 0 spiro atoms. The molecule has 0 saturated carbocycles. The predicted octanol–water partition coefficient (Wildman–Crippen LogP) is 6.58. The van der Waals surface area contributed by atoms with E-state index in [-0.39, 0.29) is 27.9 Å². The average Bonchev–Trinajstić information content (AvgIpc) is 3.02. The number of aromatic carboxylic acids is 1. The maximum Gasteiger partial charge on any atom is 0.335 e. The number of amides is 3. The van der Waals surface area contributed by atoms with Crippen molar-refractivity contribution >= 4 is 64.5 Å². The summed E-state index contributed by atoms with van der Waals surface area (Å²) < 4.78 is 5.28. The predicted molar refractivity (Wildman–Crippen MR) is 172 cm³/mol. The van der Waals surface area contributed by atoms with Crippen LogP contribution in [0.1, 0.15) is 33.2 Å². The van der Waals surface area contributed by atoms with Gasteiger partial charge in [0.1, 0.15) is 11.4 Å². The smallest absolute Gasteiger partial charge is 0.335 e. The molecule has 0 aliphatic heterocycles. The van der Waals surface area contributed by atoms with Gasteiger partial charge in [0.05, 0.1) is 28.6 Å². The Bertz CT molecular complexity index is 1730. The zero-order chi connectivity index (χ0) is 31.6. The molecule has 4 N–H and O–H groups in total. The van der Waals surface area contributed by atoms with Crippen LogP contribution in [0.3, 0.4) is 0 Å². The van der Waals surface area contributed by atoms with Crippen molar-refractivity contribution in [1.82, 2.24) is 5.32 Å². The van der Waals surface area contributed by atoms with Crippen molar-refractivity contribution in [3.63, 3.8) is 0 Å². The Balaban J connectivity index is 1.49. The first-order valence-electron chi connectivity index (χ1n) is 13.3. The van der Waals surface area contributed by atoms with Crippen LogP contribution in [0.5, 0.6) is 5.75 Å². The van der Waals surface area contributed by atoms with E-state index in [0.29, 0.717) is 27.5 Å². The number of halogens is 1. The van der Waals surface area contributed by atoms with Gasteiger partial charge in [0.15, 0.2) is 0 Å². The maximum atomic E-state index is 13.4. The van der Waals surface area contributed by atoms with Crippen LogP contribution < -0.4 is 20.7 Å². The number of carboxylic acid groups (broad SMARTS) is 1. The first-order valence-corrected chi connectivity index (χ1v) is 14.5. The average molecular weight is 630 g/mol. The molecular formula is C33H28ClN3O6S. The summed E-state index contributed by atoms with van der Waals surface area (Å²) in [5.41, 5.74) is 1.67. The lowest BCUT2D eigenvalue weighted by atomic mass is 10.1. The molecule has 0 saturated heterocycles. The summed E-state index contributed by atoms with van der Waals surface area (Å²) >= 11 is 7.38. The van der Waals surface area contributed by atoms with E-state index in [0.717, 1.165) is 0 Å². The number of hydrogen-bond donors (Lipinski definition) is 4. The minimum Gasteiger partial charge on any atom is -0.497 e. The summed E-state index contributed by atoms with van der Waals surface area (Å²) in [6.45, 7) is 1.69. The topological polar surface area (TPSA) is 134 Å². The molecule has 11 heteroatoms. The second-order valence-electron chi connectivity index (χ2n) is 9.39. The van der Waals surface area contributed by atoms with Crippen LogP contribution in [0.4, 0.5) is 11.4 Å². The molecule has 0 heterocycles. The van der Waals surface area contributed by atoms with Gasteiger partial charge in [0.25, 0.3) is 11.8 Å². The summed E-state index contributed by atoms with van der Waals surface area (Å²) in [4.78, 5) is 51.2. The van der Waals surface area contributed by atoms with E-state index < -0.39 is 23.0 Å². The van der Waals surface area contributed by atoms with Crippen molar-refractivity contribution in [3.8, 4) is 5.75 Å². The van der Waals surface area contributed by atoms with Crippen LogP contribution in [-0.4, -0.2) is 41.2 Å². The number of carbonyl (C=O) groups excluding carboxylic acids is 3. The van der Waals surface area contributed by atoms with Gasteiger partial charge in [-0.05, 0) is 79.2 Å². The molecular weight excluding hydrogens is 602 g/mol. The molecule has 44 heavy (non-hydrogen) atoms. The number of methoxy groups -OCH3 is 1. The molecule has 1 atom stereocenters. The Kier molecular flexibility index (Phi) is 10.8. The standard InChI is InChI=1S/C33H28ClN3O6S/c1-20(30(38)36-28-18-23(33(41)42)14-15-27(28)34)44-26-13-7-11-24(19-26)35-32(40)29(17-21-8-6-12-25(16-21)43-2)37-31(39)22-9-4-3-5-10-22/h3-20H,1-2H3,(H,35,40)(H,36,38)(H,37,39)(H,41,42)/b29-17-. The van der Waals surface area contributed by atoms with Gasteiger partial charge in [-0.25, -0.2) is 4.79 Å². The van der Waals surface area contributed by atoms with Crippen molar-refractivity contribution in [1.29, 1.82) is 0 Å². The fourth-order valence-corrected chi connectivity index (χ4v) is 5.02. The van der Waals surface area contributed by atoms with E-state index in [4.69, 9.17) is 16.3 Å². The first kappa shape index (κ1) is 31.9. The number of nitrogens with one attached hydrogen (secondary N) is 3. The van der Waals surface area contributed by atoms with Gasteiger partial charge in [-0.2, -0.15) is 0 Å². The van der Waals surface area contributed by atoms with Crippen molar-refractivity contribution in [3.05, 3.63) is 124 Å². The van der Waals surface area contributed by atoms with E-state index in [1.807, 2.05) is 0 Å². The molecule has 9 nitrogen and oxygen atoms in total. The number of thioether (sulfide) groups is 1. The van der Waals surface area contributed by atoms with Gasteiger partial charge in [-0.15, -0.1) is 11.8 Å². The third-order valence-electron chi connectivity index (χ3n) is 6.18. The molecule has 0 aromatic heterocycles. The van der Waals surface area contributed by atoms with Crippen LogP contribution in [0.2, 0.25) is 5.02 Å². The van der Waals surface area contributed by atoms with E-state index in [2.05, 4.69) is 16.0 Å². The Morgan fingerprint density at radius 3 is 2.34 bits per heavy atom. The number of benzene rings is 4. The van der Waals surface area contributed by atoms with Gasteiger partial charge < -0.3 is 25.8 Å². The van der Waals surface area contributed by atoms with Crippen molar-refractivity contribution in [2.75, 3.05) is 17.7 Å². The SMILES string of the molecule is COc1cccc(/C=C(\NC(=O)c2ccccc2)C(=O)Nc2cccc(SC(C)C(=O)Nc3cc(C(=O)O)ccc3Cl)c2)c1. The summed E-state index contributed by atoms with van der Waals surface area (Å²) in [6.07, 6.45) is 1.55. The highest BCUT2D eigenvalue weighted by atomic mass is 35.5. The summed E-state index contributed by atoms with van der Waals surface area (Å²) in [6, 6.07) is 26.5. The molecule has 4 rings (SSSR count). The van der Waals surface area contributed by atoms with E-state index in [9.17, 15) is 24.3 Å². The van der Waals surface area contributed by atoms with Crippen molar-refractivity contribution in [2.24, 2.45) is 0 Å². The minimum atomic E-state index is -1.14. The molecule has 4 aromatic carbocycles. The van der Waals surface area contributed by atoms with E-state index in [1.165, 1.54) is 37.1 Å². The highest BCUT2D eigenvalue weighted by Gasteiger charge is 2.19. The molecule has 3 amide bonds. The molecule has 0 bridgehead atoms. The van der Waals surface area contributed by atoms with Gasteiger partial charge in [-0.3, -0.25) is 14.4 Å². The van der Waals surface area contributed by atoms with Crippen molar-refractivity contribution in [2.45, 2.75) is 17.1 Å². The second-order valence-corrected chi connectivity index (χ2v) is 11.2. The minimum absolute atomic E-state index is 0.00627. The summed E-state index contributed by atoms with van der Waals surface area (Å²) in [5, 5.41) is 17.0. The highest BCUT2D eigenvalue weighted by Crippen LogP contribution is 2.29. The van der Waals surface area contributed by atoms with Crippen LogP contribution in [0, 0.1) is 0 Å². The highest BCUT2D eigenvalue weighted by molar-refractivity contribution is 8.00. The second kappa shape index (κ2) is 14.9. The lowest BCUT2D eigenvalue weighted by molar-refractivity contribution is -0.115. The molecule has 4 aromatic rings. The lowest BCUT2D eigenvalue weighted by Crippen LogP contribution is -2.30. The molecule has 1 unspecified atom stereocenters. The Morgan fingerprint density at radius 2 is 1.61 bits per heavy atom. The number of hydrogen-bond acceptors (Lipinski definition) is 6. The van der Waals surface area contributed by atoms with Crippen LogP contribution in [0.25, 0.3) is 6.08 Å². The molecule has 0 aliphatic carbocycles. The molecule has 224 valence electrons. The lowest BCUT2D eigenvalue weighted by Gasteiger charge is -2.15. The number of carbonyl (C=O) groups is 4. The van der Waals surface area contributed by atoms with Gasteiger partial charge >= 0.3 is 5.97 Å². The van der Waals surface area contributed by atoms with Gasteiger partial charge in [0, 0.05) is 16.1 Å². The third-order valence-corrected chi connectivity index (χ3v) is 7.60. The molecule has 0 fully saturated rings. The van der Waals surface area contributed by atoms with Crippen LogP contribution in [0.15, 0.2) is 108 Å². The number of rotatable bonds is 11. The third kappa shape index (κ3) is 8.73. The molecule has 0 radical (unpaired) electrons. The molecule has 0 aliphatic rings. The van der Waals surface area contributed by atoms with Gasteiger partial charge in [0.2, 0.25) is 5.91 Å². The zero-order valence-electron chi connectivity index (χ0n) is 23.7. The van der Waals surface area contributed by atoms with E-state index >= 15 is 0 Å². The Labute approximate surface area is 263 Å². The number of carboxylic acids is 1. The number of ether oxygens (including phenoxy) is 1. The monoisotopic (exact) mass is 629 g/mol. The Hall–Kier alpha value is -5.06. The summed E-state index contributed by atoms with van der Waals surface area (Å²) in [5.74, 6) is -1.95. The van der Waals surface area contributed by atoms with Crippen LogP contribution >= 0.6 is 23.4 Å². The number of anilines is 2. The fraction of sp³-hybridized carbons (Fsp3) is 0.0909. The van der Waals surface area contributed by atoms with Crippen LogP contribution in [-0.2, 0) is 9.59 Å². The van der Waals surface area contributed by atoms with Crippen molar-refractivity contribution < 1.29 is 29.0 Å². The van der Waals surface area contributed by atoms with Gasteiger partial charge in [-0.1, -0.05) is 48.0 Å². The fourth-order valence-electron chi connectivity index (χ4n) is 3.93. The zero-order valence-corrected chi connectivity index (χ0v) is 25.2.